The van der Waals surface area contributed by atoms with Gasteiger partial charge in [-0.2, -0.15) is 8.42 Å². The minimum Gasteiger partial charge on any atom is -0.211 e. The van der Waals surface area contributed by atoms with Gasteiger partial charge in [0.05, 0.1) is 9.79 Å². The zero-order valence-corrected chi connectivity index (χ0v) is 12.3. The molecule has 8 heteroatoms. The predicted octanol–water partition coefficient (Wildman–Crippen LogP) is 1.67. The van der Waals surface area contributed by atoms with Crippen molar-refractivity contribution in [1.82, 2.24) is 4.72 Å². The third-order valence-electron chi connectivity index (χ3n) is 2.72. The average molecular weight is 309 g/mol. The van der Waals surface area contributed by atoms with Crippen molar-refractivity contribution in [3.05, 3.63) is 24.3 Å². The topological polar surface area (TPSA) is 80.3 Å². The van der Waals surface area contributed by atoms with E-state index in [-0.39, 0.29) is 17.4 Å². The fraction of sp³-hybridized carbons (Fsp3) is 0.455. The number of benzene rings is 1. The van der Waals surface area contributed by atoms with E-state index >= 15 is 0 Å². The molecule has 0 aliphatic heterocycles. The summed E-state index contributed by atoms with van der Waals surface area (Å²) in [7, 11) is -8.74. The van der Waals surface area contributed by atoms with Gasteiger partial charge in [0.15, 0.2) is 0 Å². The summed E-state index contributed by atoms with van der Waals surface area (Å²) < 4.78 is 60.5. The number of nitrogens with one attached hydrogen (secondary N) is 1. The molecule has 1 rings (SSSR count). The van der Waals surface area contributed by atoms with Crippen LogP contribution >= 0.6 is 0 Å². The smallest absolute Gasteiger partial charge is 0.211 e. The van der Waals surface area contributed by atoms with Crippen LogP contribution in [0, 0.1) is 5.92 Å². The number of hydrogen-bond acceptors (Lipinski definition) is 4. The van der Waals surface area contributed by atoms with Crippen LogP contribution in [0.3, 0.4) is 0 Å². The fourth-order valence-electron chi connectivity index (χ4n) is 1.27. The zero-order valence-electron chi connectivity index (χ0n) is 10.6. The first-order valence-electron chi connectivity index (χ1n) is 5.71. The van der Waals surface area contributed by atoms with Gasteiger partial charge < -0.3 is 0 Å². The van der Waals surface area contributed by atoms with Gasteiger partial charge in [-0.25, -0.2) is 13.1 Å². The molecule has 1 unspecified atom stereocenters. The molecule has 0 amide bonds. The molecule has 0 aliphatic carbocycles. The normalized spacial score (nSPS) is 14.3. The Morgan fingerprint density at radius 3 is 2.32 bits per heavy atom. The molecule has 0 radical (unpaired) electrons. The molecule has 19 heavy (non-hydrogen) atoms. The first-order valence-corrected chi connectivity index (χ1v) is 8.58. The Morgan fingerprint density at radius 1 is 1.21 bits per heavy atom. The second-order valence-corrected chi connectivity index (χ2v) is 7.39. The number of halogens is 1. The Balaban J connectivity index is 3.03. The van der Waals surface area contributed by atoms with Gasteiger partial charge >= 0.3 is 10.2 Å². The molecule has 0 saturated carbocycles. The maximum atomic E-state index is 12.8. The first kappa shape index (κ1) is 16.1. The zero-order chi connectivity index (χ0) is 14.7. The summed E-state index contributed by atoms with van der Waals surface area (Å²) in [4.78, 5) is -0.937. The van der Waals surface area contributed by atoms with Crippen molar-refractivity contribution < 1.29 is 20.7 Å². The van der Waals surface area contributed by atoms with Crippen LogP contribution in [0.4, 0.5) is 3.89 Å². The predicted molar refractivity (Wildman–Crippen MR) is 69.4 cm³/mol. The van der Waals surface area contributed by atoms with Crippen molar-refractivity contribution in [3.63, 3.8) is 0 Å². The van der Waals surface area contributed by atoms with Gasteiger partial charge in [-0.05, 0) is 24.1 Å². The second-order valence-electron chi connectivity index (χ2n) is 4.28. The molecule has 0 fully saturated rings. The van der Waals surface area contributed by atoms with Crippen LogP contribution in [-0.4, -0.2) is 23.4 Å². The lowest BCUT2D eigenvalue weighted by atomic mass is 10.1. The van der Waals surface area contributed by atoms with Crippen LogP contribution in [0.1, 0.15) is 20.3 Å². The van der Waals surface area contributed by atoms with Crippen LogP contribution in [0.5, 0.6) is 0 Å². The summed E-state index contributed by atoms with van der Waals surface area (Å²) in [5, 5.41) is 0. The molecule has 0 aliphatic rings. The van der Waals surface area contributed by atoms with Crippen LogP contribution in [-0.2, 0) is 20.2 Å². The number of hydrogen-bond donors (Lipinski definition) is 1. The van der Waals surface area contributed by atoms with Crippen molar-refractivity contribution in [2.75, 3.05) is 6.54 Å². The van der Waals surface area contributed by atoms with Crippen LogP contribution < -0.4 is 4.72 Å². The summed E-state index contributed by atoms with van der Waals surface area (Å²) in [6.07, 6.45) is 0.807. The van der Waals surface area contributed by atoms with Gasteiger partial charge in [-0.3, -0.25) is 0 Å². The molecular formula is C11H16FNO4S2. The molecule has 0 aromatic heterocycles. The van der Waals surface area contributed by atoms with E-state index in [0.29, 0.717) is 0 Å². The van der Waals surface area contributed by atoms with E-state index in [1.807, 2.05) is 13.8 Å². The number of rotatable bonds is 6. The summed E-state index contributed by atoms with van der Waals surface area (Å²) in [5.74, 6) is 0.155. The molecule has 1 atom stereocenters. The molecule has 0 bridgehead atoms. The summed E-state index contributed by atoms with van der Waals surface area (Å²) in [5.41, 5.74) is 0. The number of sulfonamides is 1. The van der Waals surface area contributed by atoms with E-state index in [1.54, 1.807) is 0 Å². The molecule has 1 aromatic carbocycles. The third-order valence-corrected chi connectivity index (χ3v) is 4.95. The highest BCUT2D eigenvalue weighted by Gasteiger charge is 2.19. The monoisotopic (exact) mass is 309 g/mol. The van der Waals surface area contributed by atoms with Gasteiger partial charge in [0, 0.05) is 6.54 Å². The maximum absolute atomic E-state index is 12.8. The highest BCUT2D eigenvalue weighted by atomic mass is 32.3. The summed E-state index contributed by atoms with van der Waals surface area (Å²) >= 11 is 0. The fourth-order valence-corrected chi connectivity index (χ4v) is 3.07. The summed E-state index contributed by atoms with van der Waals surface area (Å²) in [6, 6.07) is 4.20. The van der Waals surface area contributed by atoms with E-state index in [2.05, 4.69) is 4.72 Å². The quantitative estimate of drug-likeness (QED) is 0.811. The van der Waals surface area contributed by atoms with Crippen molar-refractivity contribution in [2.24, 2.45) is 5.92 Å². The lowest BCUT2D eigenvalue weighted by molar-refractivity contribution is 0.528. The van der Waals surface area contributed by atoms with Gasteiger partial charge in [0.25, 0.3) is 0 Å². The summed E-state index contributed by atoms with van der Waals surface area (Å²) in [6.45, 7) is 4.05. The first-order chi connectivity index (χ1) is 8.66. The van der Waals surface area contributed by atoms with Gasteiger partial charge in [0.2, 0.25) is 10.0 Å². The molecule has 5 nitrogen and oxygen atoms in total. The largest absolute Gasteiger partial charge is 0.332 e. The van der Waals surface area contributed by atoms with Crippen LogP contribution in [0.2, 0.25) is 0 Å². The van der Waals surface area contributed by atoms with E-state index in [0.717, 1.165) is 18.6 Å². The highest BCUT2D eigenvalue weighted by Crippen LogP contribution is 2.17. The van der Waals surface area contributed by atoms with Crippen molar-refractivity contribution in [3.8, 4) is 0 Å². The lowest BCUT2D eigenvalue weighted by Crippen LogP contribution is -2.28. The Kier molecular flexibility index (Phi) is 5.05. The van der Waals surface area contributed by atoms with E-state index in [1.165, 1.54) is 12.1 Å². The van der Waals surface area contributed by atoms with Gasteiger partial charge in [-0.1, -0.05) is 26.3 Å². The van der Waals surface area contributed by atoms with E-state index in [9.17, 15) is 20.7 Å². The van der Waals surface area contributed by atoms with Crippen molar-refractivity contribution >= 4 is 20.2 Å². The Morgan fingerprint density at radius 2 is 1.79 bits per heavy atom. The minimum atomic E-state index is -4.91. The Labute approximate surface area is 113 Å². The Hall–Kier alpha value is -0.990. The molecular weight excluding hydrogens is 293 g/mol. The highest BCUT2D eigenvalue weighted by molar-refractivity contribution is 7.89. The van der Waals surface area contributed by atoms with Crippen LogP contribution in [0.25, 0.3) is 0 Å². The minimum absolute atomic E-state index is 0.155. The Bertz CT molecular complexity index is 640. The molecule has 1 aromatic rings. The van der Waals surface area contributed by atoms with Crippen LogP contribution in [0.15, 0.2) is 34.1 Å². The maximum Gasteiger partial charge on any atom is 0.332 e. The van der Waals surface area contributed by atoms with Gasteiger partial charge in [0.1, 0.15) is 0 Å². The molecule has 0 saturated heterocycles. The average Bonchev–Trinajstić information content (AvgIpc) is 2.35. The second kappa shape index (κ2) is 5.98. The van der Waals surface area contributed by atoms with Gasteiger partial charge in [-0.15, -0.1) is 3.89 Å². The van der Waals surface area contributed by atoms with Crippen molar-refractivity contribution in [2.45, 2.75) is 30.1 Å². The van der Waals surface area contributed by atoms with E-state index < -0.39 is 25.1 Å². The molecule has 108 valence electrons. The third kappa shape index (κ3) is 4.55. The lowest BCUT2D eigenvalue weighted by Gasteiger charge is -2.11. The van der Waals surface area contributed by atoms with Crippen molar-refractivity contribution in [1.29, 1.82) is 0 Å². The van der Waals surface area contributed by atoms with E-state index in [4.69, 9.17) is 0 Å². The molecule has 0 spiro atoms. The molecule has 1 N–H and O–H groups in total. The molecule has 0 heterocycles. The standard InChI is InChI=1S/C11H16FNO4S2/c1-3-9(2)8-13-19(16,17)11-6-4-5-10(7-11)18(12,14)15/h4-7,9,13H,3,8H2,1-2H3. The SMILES string of the molecule is CCC(C)CNS(=O)(=O)c1cccc(S(=O)(=O)F)c1.